The first-order valence-electron chi connectivity index (χ1n) is 13.9. The van der Waals surface area contributed by atoms with Crippen molar-refractivity contribution in [3.63, 3.8) is 0 Å². The van der Waals surface area contributed by atoms with Gasteiger partial charge in [0.25, 0.3) is 5.91 Å². The van der Waals surface area contributed by atoms with Crippen LogP contribution in [0.2, 0.25) is 0 Å². The highest BCUT2D eigenvalue weighted by Crippen LogP contribution is 2.53. The third-order valence-corrected chi connectivity index (χ3v) is 9.46. The smallest absolute Gasteiger partial charge is 0.380 e. The predicted octanol–water partition coefficient (Wildman–Crippen LogP) is 4.88. The minimum atomic E-state index is -4.54. The fraction of sp³-hybridized carbons (Fsp3) is 0.500. The first kappa shape index (κ1) is 25.7. The molecule has 1 amide bonds. The van der Waals surface area contributed by atoms with E-state index in [0.717, 1.165) is 37.3 Å². The molecule has 1 saturated carbocycles. The number of rotatable bonds is 6. The minimum Gasteiger partial charge on any atom is -0.380 e. The predicted molar refractivity (Wildman–Crippen MR) is 142 cm³/mol. The van der Waals surface area contributed by atoms with Crippen LogP contribution in [0.15, 0.2) is 42.7 Å². The van der Waals surface area contributed by atoms with Gasteiger partial charge in [-0.25, -0.2) is 0 Å². The summed E-state index contributed by atoms with van der Waals surface area (Å²) in [6.07, 6.45) is 2.03. The number of carbonyl (C=O) groups is 1. The summed E-state index contributed by atoms with van der Waals surface area (Å²) in [6, 6.07) is 10.6. The Morgan fingerprint density at radius 3 is 2.62 bits per heavy atom. The lowest BCUT2D eigenvalue weighted by Gasteiger charge is -2.29. The van der Waals surface area contributed by atoms with E-state index in [0.29, 0.717) is 42.8 Å². The van der Waals surface area contributed by atoms with E-state index in [1.54, 1.807) is 18.5 Å². The Bertz CT molecular complexity index is 1470. The van der Waals surface area contributed by atoms with Crippen molar-refractivity contribution in [3.8, 4) is 0 Å². The van der Waals surface area contributed by atoms with Crippen molar-refractivity contribution in [1.82, 2.24) is 19.7 Å². The summed E-state index contributed by atoms with van der Waals surface area (Å²) in [5, 5.41) is 8.26. The highest BCUT2D eigenvalue weighted by atomic mass is 19.4. The molecule has 10 heteroatoms. The number of carbonyl (C=O) groups excluding carboxylic acids is 1. The number of anilines is 1. The van der Waals surface area contributed by atoms with Gasteiger partial charge in [0.05, 0.1) is 18.7 Å². The Hall–Kier alpha value is -3.24. The number of nitrogens with zero attached hydrogens (tertiary/aromatic N) is 5. The van der Waals surface area contributed by atoms with Gasteiger partial charge in [-0.1, -0.05) is 12.1 Å². The van der Waals surface area contributed by atoms with E-state index in [2.05, 4.69) is 15.1 Å². The summed E-state index contributed by atoms with van der Waals surface area (Å²) >= 11 is 0. The lowest BCUT2D eigenvalue weighted by atomic mass is 9.76. The number of hydrogen-bond donors (Lipinski definition) is 0. The number of aromatic nitrogens is 3. The maximum atomic E-state index is 14.3. The zero-order valence-electron chi connectivity index (χ0n) is 22.5. The van der Waals surface area contributed by atoms with Crippen molar-refractivity contribution >= 4 is 11.6 Å². The van der Waals surface area contributed by atoms with E-state index >= 15 is 0 Å². The van der Waals surface area contributed by atoms with Crippen LogP contribution < -0.4 is 4.90 Å². The average molecular weight is 552 g/mol. The second-order valence-electron chi connectivity index (χ2n) is 12.2. The van der Waals surface area contributed by atoms with E-state index in [1.165, 1.54) is 23.8 Å². The molecular weight excluding hydrogens is 519 g/mol. The van der Waals surface area contributed by atoms with Gasteiger partial charge in [-0.2, -0.15) is 13.2 Å². The van der Waals surface area contributed by atoms with Crippen LogP contribution in [0.5, 0.6) is 0 Å². The first-order valence-corrected chi connectivity index (χ1v) is 13.9. The van der Waals surface area contributed by atoms with E-state index in [1.807, 2.05) is 29.8 Å². The van der Waals surface area contributed by atoms with Crippen molar-refractivity contribution < 1.29 is 22.7 Å². The Balaban J connectivity index is 1.20. The van der Waals surface area contributed by atoms with Gasteiger partial charge in [-0.05, 0) is 78.6 Å². The fourth-order valence-corrected chi connectivity index (χ4v) is 6.88. The zero-order chi connectivity index (χ0) is 27.7. The molecule has 1 aromatic heterocycles. The molecule has 1 spiro atoms. The topological polar surface area (TPSA) is 63.5 Å². The molecule has 2 saturated heterocycles. The number of fused-ring (bicyclic) bond motifs is 1. The lowest BCUT2D eigenvalue weighted by molar-refractivity contribution is -0.138. The van der Waals surface area contributed by atoms with Gasteiger partial charge in [-0.3, -0.25) is 9.69 Å². The van der Waals surface area contributed by atoms with Gasteiger partial charge in [0, 0.05) is 49.8 Å². The van der Waals surface area contributed by atoms with Crippen LogP contribution in [0, 0.1) is 5.41 Å². The van der Waals surface area contributed by atoms with Crippen LogP contribution in [0.3, 0.4) is 0 Å². The van der Waals surface area contributed by atoms with Crippen molar-refractivity contribution in [1.29, 1.82) is 0 Å². The molecule has 0 bridgehead atoms. The van der Waals surface area contributed by atoms with E-state index < -0.39 is 11.7 Å². The van der Waals surface area contributed by atoms with Crippen LogP contribution in [0.4, 0.5) is 18.9 Å². The van der Waals surface area contributed by atoms with Gasteiger partial charge in [0.1, 0.15) is 12.2 Å². The molecule has 3 aromatic rings. The standard InChI is InChI=1S/C30H32F3N5O2/c1-36-19-34-35-26(36)14-29(8-10-40-18-29)21-3-2-4-22(13-21)38-16-24-23(27(38)39)11-20(12-25(24)30(31,32)33)15-37-9-7-28(17-37)5-6-28/h2-4,11-13,19H,5-10,14-18H2,1H3. The molecule has 7 rings (SSSR count). The highest BCUT2D eigenvalue weighted by molar-refractivity contribution is 6.10. The number of benzene rings is 2. The number of hydrogen-bond acceptors (Lipinski definition) is 5. The molecule has 3 fully saturated rings. The summed E-state index contributed by atoms with van der Waals surface area (Å²) in [7, 11) is 1.90. The largest absolute Gasteiger partial charge is 0.416 e. The van der Waals surface area contributed by atoms with Crippen LogP contribution >= 0.6 is 0 Å². The summed E-state index contributed by atoms with van der Waals surface area (Å²) < 4.78 is 50.6. The van der Waals surface area contributed by atoms with Crippen molar-refractivity contribution in [2.75, 3.05) is 31.2 Å². The third-order valence-electron chi connectivity index (χ3n) is 9.46. The molecular formula is C30H32F3N5O2. The second-order valence-corrected chi connectivity index (χ2v) is 12.2. The van der Waals surface area contributed by atoms with Crippen LogP contribution in [0.25, 0.3) is 0 Å². The monoisotopic (exact) mass is 551 g/mol. The van der Waals surface area contributed by atoms with Gasteiger partial charge >= 0.3 is 6.18 Å². The van der Waals surface area contributed by atoms with E-state index in [9.17, 15) is 18.0 Å². The molecule has 4 heterocycles. The molecule has 2 aromatic carbocycles. The number of likely N-dealkylation sites (tertiary alicyclic amines) is 1. The minimum absolute atomic E-state index is 0.0599. The van der Waals surface area contributed by atoms with Crippen molar-refractivity contribution in [2.45, 2.75) is 56.8 Å². The normalized spacial score (nSPS) is 23.9. The Kier molecular flexibility index (Phi) is 5.87. The Labute approximate surface area is 230 Å². The Morgan fingerprint density at radius 2 is 1.95 bits per heavy atom. The number of halogens is 3. The van der Waals surface area contributed by atoms with Crippen LogP contribution in [-0.4, -0.2) is 51.9 Å². The van der Waals surface area contributed by atoms with Gasteiger partial charge in [0.15, 0.2) is 0 Å². The van der Waals surface area contributed by atoms with Gasteiger partial charge in [-0.15, -0.1) is 10.2 Å². The van der Waals surface area contributed by atoms with Crippen molar-refractivity contribution in [2.24, 2.45) is 12.5 Å². The number of amides is 1. The lowest BCUT2D eigenvalue weighted by Crippen LogP contribution is -2.31. The number of alkyl halides is 3. The summed E-state index contributed by atoms with van der Waals surface area (Å²) in [6.45, 7) is 3.25. The molecule has 210 valence electrons. The maximum Gasteiger partial charge on any atom is 0.416 e. The number of aryl methyl sites for hydroxylation is 1. The van der Waals surface area contributed by atoms with Gasteiger partial charge < -0.3 is 14.2 Å². The molecule has 0 radical (unpaired) electrons. The average Bonchev–Trinajstić information content (AvgIpc) is 3.30. The summed E-state index contributed by atoms with van der Waals surface area (Å²) in [4.78, 5) is 17.4. The third kappa shape index (κ3) is 4.41. The fourth-order valence-electron chi connectivity index (χ4n) is 6.88. The van der Waals surface area contributed by atoms with Crippen LogP contribution in [-0.2, 0) is 42.9 Å². The molecule has 7 nitrogen and oxygen atoms in total. The molecule has 1 unspecified atom stereocenters. The summed E-state index contributed by atoms with van der Waals surface area (Å²) in [5.41, 5.74) is 1.68. The Morgan fingerprint density at radius 1 is 1.10 bits per heavy atom. The highest BCUT2D eigenvalue weighted by Gasteiger charge is 2.48. The summed E-state index contributed by atoms with van der Waals surface area (Å²) in [5.74, 6) is 0.443. The van der Waals surface area contributed by atoms with Crippen molar-refractivity contribution in [3.05, 3.63) is 76.4 Å². The molecule has 4 aliphatic rings. The second kappa shape index (κ2) is 9.14. The SMILES string of the molecule is Cn1cnnc1CC1(c2cccc(N3Cc4c(cc(CN5CCC6(CC6)C5)cc4C(F)(F)F)C3=O)c2)CCOC1. The van der Waals surface area contributed by atoms with Gasteiger partial charge in [0.2, 0.25) is 0 Å². The molecule has 40 heavy (non-hydrogen) atoms. The first-order chi connectivity index (χ1) is 19.1. The molecule has 0 N–H and O–H groups in total. The van der Waals surface area contributed by atoms with E-state index in [-0.39, 0.29) is 29.0 Å². The molecule has 3 aliphatic heterocycles. The quantitative estimate of drug-likeness (QED) is 0.437. The maximum absolute atomic E-state index is 14.3. The van der Waals surface area contributed by atoms with Crippen LogP contribution in [0.1, 0.15) is 64.1 Å². The molecule has 1 atom stereocenters. The zero-order valence-corrected chi connectivity index (χ0v) is 22.5. The van der Waals surface area contributed by atoms with E-state index in [4.69, 9.17) is 4.74 Å². The number of ether oxygens (including phenoxy) is 1. The molecule has 1 aliphatic carbocycles.